The van der Waals surface area contributed by atoms with Gasteiger partial charge in [-0.3, -0.25) is 4.79 Å². The van der Waals surface area contributed by atoms with Gasteiger partial charge in [0.15, 0.2) is 0 Å². The van der Waals surface area contributed by atoms with E-state index in [1.807, 2.05) is 72.8 Å². The molecule has 0 aromatic heterocycles. The highest BCUT2D eigenvalue weighted by molar-refractivity contribution is 6.32. The Kier molecular flexibility index (Phi) is 10.1. The van der Waals surface area contributed by atoms with E-state index in [-0.39, 0.29) is 17.4 Å². The lowest BCUT2D eigenvalue weighted by Crippen LogP contribution is -2.42. The van der Waals surface area contributed by atoms with Gasteiger partial charge in [0, 0.05) is 30.6 Å². The van der Waals surface area contributed by atoms with Crippen molar-refractivity contribution in [1.82, 2.24) is 5.32 Å². The Balaban J connectivity index is 1.54. The van der Waals surface area contributed by atoms with Crippen molar-refractivity contribution in [2.24, 2.45) is 0 Å². The molecule has 0 aliphatic heterocycles. The average molecular weight is 581 g/mol. The molecule has 2 N–H and O–H groups in total. The molecule has 4 rings (SSSR count). The average Bonchev–Trinajstić information content (AvgIpc) is 2.95. The van der Waals surface area contributed by atoms with Gasteiger partial charge in [0.05, 0.1) is 17.2 Å². The quantitative estimate of drug-likeness (QED) is 0.167. The minimum absolute atomic E-state index is 0.155. The first-order valence-corrected chi connectivity index (χ1v) is 13.7. The van der Waals surface area contributed by atoms with Gasteiger partial charge in [0.1, 0.15) is 5.75 Å². The van der Waals surface area contributed by atoms with Crippen LogP contribution < -0.4 is 15.4 Å². The normalized spacial score (nSPS) is 11.7. The molecular weight excluding hydrogens is 549 g/mol. The monoisotopic (exact) mass is 580 g/mol. The molecule has 8 heteroatoms. The van der Waals surface area contributed by atoms with E-state index >= 15 is 0 Å². The summed E-state index contributed by atoms with van der Waals surface area (Å²) in [4.78, 5) is 11.3. The molecule has 0 spiro atoms. The SMILES string of the molecule is CC(=O)Nc1cccc(OCCCNCC(Cc2cccc(C(F)(F)F)c2Cl)(c2ccccc2)c2ccccc2)c1. The van der Waals surface area contributed by atoms with Crippen molar-refractivity contribution in [3.8, 4) is 5.75 Å². The molecule has 4 aromatic rings. The zero-order valence-corrected chi connectivity index (χ0v) is 23.4. The number of hydrogen-bond acceptors (Lipinski definition) is 3. The minimum atomic E-state index is -4.55. The maximum absolute atomic E-state index is 13.7. The van der Waals surface area contributed by atoms with Gasteiger partial charge in [0.25, 0.3) is 0 Å². The third-order valence-corrected chi connectivity index (χ3v) is 7.32. The zero-order chi connectivity index (χ0) is 29.3. The molecule has 0 unspecified atom stereocenters. The summed E-state index contributed by atoms with van der Waals surface area (Å²) < 4.78 is 47.0. The third-order valence-electron chi connectivity index (χ3n) is 6.88. The van der Waals surface area contributed by atoms with Crippen molar-refractivity contribution < 1.29 is 22.7 Å². The number of nitrogens with one attached hydrogen (secondary N) is 2. The van der Waals surface area contributed by atoms with Crippen LogP contribution in [-0.4, -0.2) is 25.6 Å². The molecular formula is C33H32ClF3N2O2. The molecule has 0 radical (unpaired) electrons. The van der Waals surface area contributed by atoms with E-state index in [9.17, 15) is 18.0 Å². The number of benzene rings is 4. The van der Waals surface area contributed by atoms with Crippen LogP contribution in [0.1, 0.15) is 35.6 Å². The molecule has 41 heavy (non-hydrogen) atoms. The Hall–Kier alpha value is -3.81. The third kappa shape index (κ3) is 7.90. The first kappa shape index (κ1) is 30.2. The lowest BCUT2D eigenvalue weighted by Gasteiger charge is -2.36. The summed E-state index contributed by atoms with van der Waals surface area (Å²) >= 11 is 6.39. The predicted octanol–water partition coefficient (Wildman–Crippen LogP) is 7.90. The molecule has 4 aromatic carbocycles. The summed E-state index contributed by atoms with van der Waals surface area (Å²) in [6.45, 7) is 2.97. The van der Waals surface area contributed by atoms with Gasteiger partial charge in [0.2, 0.25) is 5.91 Å². The Morgan fingerprint density at radius 2 is 1.49 bits per heavy atom. The van der Waals surface area contributed by atoms with E-state index in [2.05, 4.69) is 10.6 Å². The summed E-state index contributed by atoms with van der Waals surface area (Å²) in [5.74, 6) is 0.497. The van der Waals surface area contributed by atoms with Gasteiger partial charge >= 0.3 is 6.18 Å². The van der Waals surface area contributed by atoms with Crippen molar-refractivity contribution in [1.29, 1.82) is 0 Å². The zero-order valence-electron chi connectivity index (χ0n) is 22.7. The van der Waals surface area contributed by atoms with Gasteiger partial charge in [-0.2, -0.15) is 13.2 Å². The standard InChI is InChI=1S/C33H32ClF3N2O2/c1-24(40)39-28-16-9-17-29(21-28)41-20-10-19-38-23-32(26-12-4-2-5-13-26,27-14-6-3-7-15-27)22-25-11-8-18-30(31(25)34)33(35,36)37/h2-9,11-18,21,38H,10,19-20,22-23H2,1H3,(H,39,40). The van der Waals surface area contributed by atoms with E-state index in [1.54, 1.807) is 18.2 Å². The number of carbonyl (C=O) groups excluding carboxylic acids is 1. The highest BCUT2D eigenvalue weighted by Crippen LogP contribution is 2.41. The number of anilines is 1. The van der Waals surface area contributed by atoms with Crippen LogP contribution in [0.25, 0.3) is 0 Å². The van der Waals surface area contributed by atoms with Crippen LogP contribution in [0.4, 0.5) is 18.9 Å². The van der Waals surface area contributed by atoms with Crippen LogP contribution in [0.3, 0.4) is 0 Å². The Morgan fingerprint density at radius 1 is 0.854 bits per heavy atom. The Bertz CT molecular complexity index is 1390. The summed E-state index contributed by atoms with van der Waals surface area (Å²) in [6, 6.07) is 30.9. The summed E-state index contributed by atoms with van der Waals surface area (Å²) in [6.07, 6.45) is -3.59. The van der Waals surface area contributed by atoms with Gasteiger partial charge in [-0.25, -0.2) is 0 Å². The van der Waals surface area contributed by atoms with E-state index in [0.29, 0.717) is 43.1 Å². The summed E-state index contributed by atoms with van der Waals surface area (Å²) in [5.41, 5.74) is 1.51. The second-order valence-electron chi connectivity index (χ2n) is 9.86. The molecule has 0 aliphatic rings. The van der Waals surface area contributed by atoms with Gasteiger partial charge in [-0.15, -0.1) is 0 Å². The van der Waals surface area contributed by atoms with Crippen LogP contribution in [0.2, 0.25) is 5.02 Å². The highest BCUT2D eigenvalue weighted by Gasteiger charge is 2.38. The molecule has 0 aliphatic carbocycles. The molecule has 0 bridgehead atoms. The second-order valence-corrected chi connectivity index (χ2v) is 10.2. The van der Waals surface area contributed by atoms with Gasteiger partial charge < -0.3 is 15.4 Å². The highest BCUT2D eigenvalue weighted by atomic mass is 35.5. The lowest BCUT2D eigenvalue weighted by atomic mass is 9.70. The Labute approximate surface area is 243 Å². The molecule has 0 heterocycles. The number of amides is 1. The fourth-order valence-electron chi connectivity index (χ4n) is 4.97. The molecule has 0 fully saturated rings. The smallest absolute Gasteiger partial charge is 0.417 e. The molecule has 0 atom stereocenters. The number of alkyl halides is 3. The predicted molar refractivity (Wildman–Crippen MR) is 158 cm³/mol. The van der Waals surface area contributed by atoms with Gasteiger partial charge in [-0.1, -0.05) is 90.5 Å². The molecule has 1 amide bonds. The molecule has 0 saturated carbocycles. The second kappa shape index (κ2) is 13.7. The Morgan fingerprint density at radius 3 is 2.10 bits per heavy atom. The summed E-state index contributed by atoms with van der Waals surface area (Å²) in [5, 5.41) is 5.99. The van der Waals surface area contributed by atoms with E-state index in [0.717, 1.165) is 17.2 Å². The number of ether oxygens (including phenoxy) is 1. The van der Waals surface area contributed by atoms with Gasteiger partial charge in [-0.05, 0) is 54.3 Å². The fourth-order valence-corrected chi connectivity index (χ4v) is 5.27. The van der Waals surface area contributed by atoms with Crippen LogP contribution in [-0.2, 0) is 22.8 Å². The van der Waals surface area contributed by atoms with Crippen molar-refractivity contribution in [2.45, 2.75) is 31.4 Å². The molecule has 214 valence electrons. The molecule has 0 saturated heterocycles. The van der Waals surface area contributed by atoms with Crippen LogP contribution >= 0.6 is 11.6 Å². The first-order valence-electron chi connectivity index (χ1n) is 13.4. The number of rotatable bonds is 12. The van der Waals surface area contributed by atoms with Crippen LogP contribution in [0.15, 0.2) is 103 Å². The van der Waals surface area contributed by atoms with E-state index in [4.69, 9.17) is 16.3 Å². The van der Waals surface area contributed by atoms with E-state index in [1.165, 1.54) is 13.0 Å². The maximum Gasteiger partial charge on any atom is 0.417 e. The number of halogens is 4. The largest absolute Gasteiger partial charge is 0.493 e. The maximum atomic E-state index is 13.7. The fraction of sp³-hybridized carbons (Fsp3) is 0.242. The molecule has 4 nitrogen and oxygen atoms in total. The topological polar surface area (TPSA) is 50.4 Å². The number of hydrogen-bond donors (Lipinski definition) is 2. The van der Waals surface area contributed by atoms with Crippen molar-refractivity contribution in [2.75, 3.05) is 25.0 Å². The summed E-state index contributed by atoms with van der Waals surface area (Å²) in [7, 11) is 0. The van der Waals surface area contributed by atoms with Crippen molar-refractivity contribution in [3.63, 3.8) is 0 Å². The number of carbonyl (C=O) groups is 1. The van der Waals surface area contributed by atoms with Crippen molar-refractivity contribution in [3.05, 3.63) is 130 Å². The van der Waals surface area contributed by atoms with Crippen LogP contribution in [0.5, 0.6) is 5.75 Å². The van der Waals surface area contributed by atoms with Crippen molar-refractivity contribution >= 4 is 23.2 Å². The minimum Gasteiger partial charge on any atom is -0.493 e. The lowest BCUT2D eigenvalue weighted by molar-refractivity contribution is -0.137. The van der Waals surface area contributed by atoms with Crippen LogP contribution in [0, 0.1) is 0 Å². The first-order chi connectivity index (χ1) is 19.7. The van der Waals surface area contributed by atoms with E-state index < -0.39 is 17.2 Å².